The second kappa shape index (κ2) is 7.65. The second-order valence-electron chi connectivity index (χ2n) is 7.40. The smallest absolute Gasteiger partial charge is 0.227 e. The van der Waals surface area contributed by atoms with Crippen molar-refractivity contribution >= 4 is 15.5 Å². The largest absolute Gasteiger partial charge is 0.376 e. The lowest BCUT2D eigenvalue weighted by Crippen LogP contribution is -2.24. The number of aromatic nitrogens is 4. The van der Waals surface area contributed by atoms with E-state index in [0.717, 1.165) is 36.5 Å². The summed E-state index contributed by atoms with van der Waals surface area (Å²) in [6, 6.07) is 5.91. The van der Waals surface area contributed by atoms with Crippen LogP contribution in [0.4, 0.5) is 0 Å². The van der Waals surface area contributed by atoms with Crippen molar-refractivity contribution in [1.29, 1.82) is 0 Å². The summed E-state index contributed by atoms with van der Waals surface area (Å²) >= 11 is 0. The van der Waals surface area contributed by atoms with E-state index in [2.05, 4.69) is 19.3 Å². The standard InChI is InChI=1S/C19H25N5O3S/c1-22(12-15-10-20-18-7-3-4-8-23(15)18)13-16-11-21-19(28(2,25)26)24(16)14-17-6-5-9-27-17/h3-4,7-8,10-11,17H,5-6,9,12-14H2,1-2H3. The zero-order valence-electron chi connectivity index (χ0n) is 16.2. The first-order chi connectivity index (χ1) is 13.4. The van der Waals surface area contributed by atoms with Crippen LogP contribution in [0, 0.1) is 0 Å². The lowest BCUT2D eigenvalue weighted by molar-refractivity contribution is 0.0934. The van der Waals surface area contributed by atoms with Crippen LogP contribution in [0.1, 0.15) is 24.2 Å². The van der Waals surface area contributed by atoms with Gasteiger partial charge in [0.25, 0.3) is 0 Å². The summed E-state index contributed by atoms with van der Waals surface area (Å²) < 4.78 is 33.9. The lowest BCUT2D eigenvalue weighted by Gasteiger charge is -2.20. The van der Waals surface area contributed by atoms with Crippen LogP contribution in [0.5, 0.6) is 0 Å². The maximum absolute atomic E-state index is 12.2. The Bertz CT molecular complexity index is 1070. The number of pyridine rings is 1. The minimum atomic E-state index is -3.41. The van der Waals surface area contributed by atoms with Gasteiger partial charge in [-0.25, -0.2) is 18.4 Å². The Labute approximate surface area is 164 Å². The fraction of sp³-hybridized carbons (Fsp3) is 0.474. The molecule has 1 unspecified atom stereocenters. The normalized spacial score (nSPS) is 17.8. The van der Waals surface area contributed by atoms with Gasteiger partial charge in [-0.05, 0) is 32.0 Å². The van der Waals surface area contributed by atoms with Crippen molar-refractivity contribution in [1.82, 2.24) is 23.8 Å². The van der Waals surface area contributed by atoms with E-state index in [1.165, 1.54) is 6.26 Å². The van der Waals surface area contributed by atoms with Crippen molar-refractivity contribution in [2.45, 2.75) is 43.7 Å². The van der Waals surface area contributed by atoms with Crippen LogP contribution in [-0.2, 0) is 34.2 Å². The maximum atomic E-state index is 12.2. The topological polar surface area (TPSA) is 81.7 Å². The second-order valence-corrected chi connectivity index (χ2v) is 9.31. The SMILES string of the molecule is CN(Cc1cnc(S(C)(=O)=O)n1CC1CCCO1)Cc1cnc2ccccn12. The van der Waals surface area contributed by atoms with E-state index in [4.69, 9.17) is 4.74 Å². The summed E-state index contributed by atoms with van der Waals surface area (Å²) in [4.78, 5) is 10.8. The molecule has 0 amide bonds. The molecular weight excluding hydrogens is 378 g/mol. The fourth-order valence-electron chi connectivity index (χ4n) is 3.71. The molecule has 3 aromatic rings. The van der Waals surface area contributed by atoms with E-state index in [-0.39, 0.29) is 11.3 Å². The molecule has 0 bridgehead atoms. The third-order valence-electron chi connectivity index (χ3n) is 5.00. The minimum Gasteiger partial charge on any atom is -0.376 e. The van der Waals surface area contributed by atoms with Crippen molar-refractivity contribution in [3.63, 3.8) is 0 Å². The van der Waals surface area contributed by atoms with E-state index < -0.39 is 9.84 Å². The molecular formula is C19H25N5O3S. The van der Waals surface area contributed by atoms with Gasteiger partial charge in [-0.1, -0.05) is 6.07 Å². The molecule has 0 radical (unpaired) electrons. The van der Waals surface area contributed by atoms with Crippen LogP contribution in [0.25, 0.3) is 5.65 Å². The number of fused-ring (bicyclic) bond motifs is 1. The number of ether oxygens (including phenoxy) is 1. The zero-order valence-corrected chi connectivity index (χ0v) is 17.0. The average Bonchev–Trinajstić information content (AvgIpc) is 3.37. The Morgan fingerprint density at radius 3 is 2.75 bits per heavy atom. The van der Waals surface area contributed by atoms with Gasteiger partial charge in [0.05, 0.1) is 36.4 Å². The van der Waals surface area contributed by atoms with Gasteiger partial charge < -0.3 is 13.7 Å². The summed E-state index contributed by atoms with van der Waals surface area (Å²) in [5.74, 6) is 0. The Kier molecular flexibility index (Phi) is 5.22. The molecule has 0 aromatic carbocycles. The molecule has 0 saturated carbocycles. The number of sulfone groups is 1. The highest BCUT2D eigenvalue weighted by molar-refractivity contribution is 7.90. The molecule has 0 N–H and O–H groups in total. The molecule has 0 spiro atoms. The van der Waals surface area contributed by atoms with Crippen LogP contribution in [0.3, 0.4) is 0 Å². The molecule has 28 heavy (non-hydrogen) atoms. The Morgan fingerprint density at radius 1 is 1.21 bits per heavy atom. The highest BCUT2D eigenvalue weighted by Crippen LogP contribution is 2.20. The van der Waals surface area contributed by atoms with Crippen molar-refractivity contribution < 1.29 is 13.2 Å². The fourth-order valence-corrected chi connectivity index (χ4v) is 4.55. The van der Waals surface area contributed by atoms with E-state index >= 15 is 0 Å². The van der Waals surface area contributed by atoms with E-state index in [1.54, 1.807) is 10.8 Å². The van der Waals surface area contributed by atoms with Crippen molar-refractivity contribution in [3.05, 3.63) is 48.2 Å². The predicted octanol–water partition coefficient (Wildman–Crippen LogP) is 1.75. The molecule has 0 aliphatic carbocycles. The molecule has 8 nitrogen and oxygen atoms in total. The Balaban J connectivity index is 1.55. The summed E-state index contributed by atoms with van der Waals surface area (Å²) in [5, 5.41) is 0.112. The maximum Gasteiger partial charge on any atom is 0.227 e. The first kappa shape index (κ1) is 19.1. The van der Waals surface area contributed by atoms with Crippen LogP contribution < -0.4 is 0 Å². The molecule has 4 rings (SSSR count). The Morgan fingerprint density at radius 2 is 2.00 bits per heavy atom. The van der Waals surface area contributed by atoms with Gasteiger partial charge in [0.15, 0.2) is 0 Å². The number of hydrogen-bond acceptors (Lipinski definition) is 6. The van der Waals surface area contributed by atoms with Gasteiger partial charge >= 0.3 is 0 Å². The van der Waals surface area contributed by atoms with Gasteiger partial charge in [-0.2, -0.15) is 0 Å². The minimum absolute atomic E-state index is 0.0394. The summed E-state index contributed by atoms with van der Waals surface area (Å²) in [6.45, 7) is 2.51. The highest BCUT2D eigenvalue weighted by atomic mass is 32.2. The number of rotatable bonds is 7. The van der Waals surface area contributed by atoms with E-state index in [0.29, 0.717) is 19.6 Å². The highest BCUT2D eigenvalue weighted by Gasteiger charge is 2.24. The van der Waals surface area contributed by atoms with Gasteiger partial charge in [-0.15, -0.1) is 0 Å². The molecule has 150 valence electrons. The van der Waals surface area contributed by atoms with Crippen molar-refractivity contribution in [2.24, 2.45) is 0 Å². The molecule has 4 heterocycles. The van der Waals surface area contributed by atoms with E-state index in [9.17, 15) is 8.42 Å². The van der Waals surface area contributed by atoms with Gasteiger partial charge in [0.1, 0.15) is 5.65 Å². The molecule has 1 aliphatic rings. The number of hydrogen-bond donors (Lipinski definition) is 0. The van der Waals surface area contributed by atoms with Gasteiger partial charge in [0, 0.05) is 32.1 Å². The monoisotopic (exact) mass is 403 g/mol. The average molecular weight is 404 g/mol. The van der Waals surface area contributed by atoms with Crippen molar-refractivity contribution in [3.8, 4) is 0 Å². The summed E-state index contributed by atoms with van der Waals surface area (Å²) in [7, 11) is -1.40. The van der Waals surface area contributed by atoms with Gasteiger partial charge in [0.2, 0.25) is 15.0 Å². The zero-order chi connectivity index (χ0) is 19.7. The molecule has 1 saturated heterocycles. The summed E-state index contributed by atoms with van der Waals surface area (Å²) in [6.07, 6.45) is 8.73. The quantitative estimate of drug-likeness (QED) is 0.598. The molecule has 1 fully saturated rings. The van der Waals surface area contributed by atoms with Crippen LogP contribution in [-0.4, -0.2) is 58.3 Å². The molecule has 9 heteroatoms. The third-order valence-corrected chi connectivity index (χ3v) is 5.99. The van der Waals surface area contributed by atoms with E-state index in [1.807, 2.05) is 37.6 Å². The summed E-state index contributed by atoms with van der Waals surface area (Å²) in [5.41, 5.74) is 2.85. The van der Waals surface area contributed by atoms with Crippen LogP contribution in [0.2, 0.25) is 0 Å². The van der Waals surface area contributed by atoms with Crippen molar-refractivity contribution in [2.75, 3.05) is 19.9 Å². The molecule has 1 aliphatic heterocycles. The van der Waals surface area contributed by atoms with Crippen LogP contribution >= 0.6 is 0 Å². The van der Waals surface area contributed by atoms with Gasteiger partial charge in [-0.3, -0.25) is 4.90 Å². The first-order valence-corrected chi connectivity index (χ1v) is 11.3. The lowest BCUT2D eigenvalue weighted by atomic mass is 10.2. The number of imidazole rings is 2. The third kappa shape index (κ3) is 3.96. The van der Waals surface area contributed by atoms with Crippen LogP contribution in [0.15, 0.2) is 41.9 Å². The molecule has 1 atom stereocenters. The predicted molar refractivity (Wildman–Crippen MR) is 105 cm³/mol. The number of nitrogens with zero attached hydrogens (tertiary/aromatic N) is 5. The molecule has 3 aromatic heterocycles. The Hall–Kier alpha value is -2.23. The first-order valence-electron chi connectivity index (χ1n) is 9.37.